The van der Waals surface area contributed by atoms with Crippen molar-refractivity contribution in [1.82, 2.24) is 24.4 Å². The minimum atomic E-state index is 0.0739. The van der Waals surface area contributed by atoms with Crippen molar-refractivity contribution in [2.75, 3.05) is 45.2 Å². The van der Waals surface area contributed by atoms with Gasteiger partial charge >= 0.3 is 6.03 Å². The summed E-state index contributed by atoms with van der Waals surface area (Å²) in [5.41, 5.74) is 2.10. The third kappa shape index (κ3) is 3.15. The van der Waals surface area contributed by atoms with E-state index in [1.54, 1.807) is 19.0 Å². The number of nitrogens with zero attached hydrogens (tertiary/aromatic N) is 6. The first-order valence-electron chi connectivity index (χ1n) is 9.19. The van der Waals surface area contributed by atoms with Gasteiger partial charge in [-0.2, -0.15) is 5.10 Å². The number of hydrogen-bond acceptors (Lipinski definition) is 4. The molecule has 1 atom stereocenters. The van der Waals surface area contributed by atoms with Gasteiger partial charge in [0.2, 0.25) is 0 Å². The van der Waals surface area contributed by atoms with Crippen LogP contribution in [0.25, 0.3) is 5.65 Å². The molecule has 2 aromatic heterocycles. The molecule has 2 fully saturated rings. The summed E-state index contributed by atoms with van der Waals surface area (Å²) < 4.78 is 1.90. The van der Waals surface area contributed by atoms with Crippen LogP contribution in [0, 0.1) is 0 Å². The lowest BCUT2D eigenvalue weighted by Crippen LogP contribution is -2.44. The molecule has 0 aromatic carbocycles. The topological polar surface area (TPSA) is 57.0 Å². The molecule has 2 aliphatic heterocycles. The third-order valence-electron chi connectivity index (χ3n) is 5.24. The van der Waals surface area contributed by atoms with Gasteiger partial charge in [-0.3, -0.25) is 0 Å². The maximum atomic E-state index is 12.2. The molecule has 2 saturated heterocycles. The number of hydrogen-bond donors (Lipinski definition) is 0. The molecule has 25 heavy (non-hydrogen) atoms. The molecule has 0 aliphatic carbocycles. The zero-order chi connectivity index (χ0) is 17.4. The molecule has 0 N–H and O–H groups in total. The SMILES string of the molecule is CN(C)C(=O)N1CCC[C@@H](c2nc3ccc(N4CCCC4)cn3n2)C1. The van der Waals surface area contributed by atoms with Crippen LogP contribution in [0.5, 0.6) is 0 Å². The van der Waals surface area contributed by atoms with Crippen molar-refractivity contribution >= 4 is 17.4 Å². The van der Waals surface area contributed by atoms with E-state index in [2.05, 4.69) is 23.2 Å². The van der Waals surface area contributed by atoms with Crippen LogP contribution in [0.1, 0.15) is 37.4 Å². The molecule has 2 aliphatic rings. The molecule has 2 amide bonds. The highest BCUT2D eigenvalue weighted by Gasteiger charge is 2.28. The number of carbonyl (C=O) groups excluding carboxylic acids is 1. The molecular weight excluding hydrogens is 316 g/mol. The molecule has 0 radical (unpaired) electrons. The first kappa shape index (κ1) is 16.2. The van der Waals surface area contributed by atoms with Crippen molar-refractivity contribution in [3.05, 3.63) is 24.2 Å². The molecule has 4 heterocycles. The quantitative estimate of drug-likeness (QED) is 0.839. The zero-order valence-electron chi connectivity index (χ0n) is 15.1. The Labute approximate surface area is 148 Å². The van der Waals surface area contributed by atoms with Crippen molar-refractivity contribution in [1.29, 1.82) is 0 Å². The van der Waals surface area contributed by atoms with E-state index in [1.807, 2.05) is 9.42 Å². The number of rotatable bonds is 2. The van der Waals surface area contributed by atoms with E-state index in [0.717, 1.165) is 43.9 Å². The summed E-state index contributed by atoms with van der Waals surface area (Å²) in [4.78, 5) is 22.9. The predicted octanol–water partition coefficient (Wildman–Crippen LogP) is 2.19. The molecule has 7 nitrogen and oxygen atoms in total. The van der Waals surface area contributed by atoms with Gasteiger partial charge < -0.3 is 14.7 Å². The number of pyridine rings is 1. The van der Waals surface area contributed by atoms with Crippen LogP contribution in [-0.2, 0) is 0 Å². The summed E-state index contributed by atoms with van der Waals surface area (Å²) in [5, 5.41) is 4.73. The summed E-state index contributed by atoms with van der Waals surface area (Å²) in [7, 11) is 3.60. The van der Waals surface area contributed by atoms with E-state index in [0.29, 0.717) is 6.54 Å². The second-order valence-electron chi connectivity index (χ2n) is 7.32. The van der Waals surface area contributed by atoms with Crippen LogP contribution in [0.4, 0.5) is 10.5 Å². The maximum absolute atomic E-state index is 12.2. The molecule has 4 rings (SSSR count). The lowest BCUT2D eigenvalue weighted by Gasteiger charge is -2.33. The minimum Gasteiger partial charge on any atom is -0.370 e. The largest absolute Gasteiger partial charge is 0.370 e. The van der Waals surface area contributed by atoms with Gasteiger partial charge in [-0.25, -0.2) is 14.3 Å². The summed E-state index contributed by atoms with van der Waals surface area (Å²) in [6.07, 6.45) is 6.64. The zero-order valence-corrected chi connectivity index (χ0v) is 15.1. The molecule has 0 unspecified atom stereocenters. The second-order valence-corrected chi connectivity index (χ2v) is 7.32. The van der Waals surface area contributed by atoms with Gasteiger partial charge in [0.05, 0.1) is 11.9 Å². The molecule has 7 heteroatoms. The van der Waals surface area contributed by atoms with E-state index in [9.17, 15) is 4.79 Å². The monoisotopic (exact) mass is 342 g/mol. The fourth-order valence-electron chi connectivity index (χ4n) is 3.87. The average Bonchev–Trinajstić information content (AvgIpc) is 3.29. The summed E-state index contributed by atoms with van der Waals surface area (Å²) in [5.74, 6) is 1.07. The molecule has 134 valence electrons. The van der Waals surface area contributed by atoms with Crippen LogP contribution in [0.2, 0.25) is 0 Å². The Kier molecular flexibility index (Phi) is 4.23. The standard InChI is InChI=1S/C18H26N6O/c1-21(2)18(25)23-11-5-6-14(12-23)17-19-16-8-7-15(13-24(16)20-17)22-9-3-4-10-22/h7-8,13-14H,3-6,9-12H2,1-2H3/t14-/m1/s1. The van der Waals surface area contributed by atoms with E-state index in [4.69, 9.17) is 10.1 Å². The summed E-state index contributed by atoms with van der Waals surface area (Å²) in [6.45, 7) is 3.77. The maximum Gasteiger partial charge on any atom is 0.319 e. The van der Waals surface area contributed by atoms with Crippen LogP contribution < -0.4 is 4.90 Å². The Bertz CT molecular complexity index is 764. The van der Waals surface area contributed by atoms with Gasteiger partial charge in [-0.1, -0.05) is 0 Å². The number of anilines is 1. The first-order valence-corrected chi connectivity index (χ1v) is 9.19. The van der Waals surface area contributed by atoms with Crippen LogP contribution >= 0.6 is 0 Å². The Morgan fingerprint density at radius 3 is 2.72 bits per heavy atom. The molecule has 0 spiro atoms. The number of amides is 2. The predicted molar refractivity (Wildman–Crippen MR) is 97.1 cm³/mol. The van der Waals surface area contributed by atoms with Crippen molar-refractivity contribution < 1.29 is 4.79 Å². The Hall–Kier alpha value is -2.31. The summed E-state index contributed by atoms with van der Waals surface area (Å²) in [6, 6.07) is 4.27. The van der Waals surface area contributed by atoms with E-state index in [-0.39, 0.29) is 11.9 Å². The van der Waals surface area contributed by atoms with Crippen LogP contribution in [-0.4, -0.2) is 70.7 Å². The molecule has 0 saturated carbocycles. The number of likely N-dealkylation sites (tertiary alicyclic amines) is 1. The van der Waals surface area contributed by atoms with Crippen LogP contribution in [0.3, 0.4) is 0 Å². The lowest BCUT2D eigenvalue weighted by atomic mass is 9.98. The van der Waals surface area contributed by atoms with Crippen LogP contribution in [0.15, 0.2) is 18.3 Å². The number of urea groups is 1. The fourth-order valence-corrected chi connectivity index (χ4v) is 3.87. The Morgan fingerprint density at radius 2 is 1.96 bits per heavy atom. The van der Waals surface area contributed by atoms with Gasteiger partial charge in [0.25, 0.3) is 0 Å². The second kappa shape index (κ2) is 6.54. The van der Waals surface area contributed by atoms with Gasteiger partial charge in [0.1, 0.15) is 0 Å². The fraction of sp³-hybridized carbons (Fsp3) is 0.611. The molecule has 2 aromatic rings. The highest BCUT2D eigenvalue weighted by atomic mass is 16.2. The van der Waals surface area contributed by atoms with Gasteiger partial charge in [-0.15, -0.1) is 0 Å². The Morgan fingerprint density at radius 1 is 1.16 bits per heavy atom. The smallest absolute Gasteiger partial charge is 0.319 e. The third-order valence-corrected chi connectivity index (χ3v) is 5.24. The van der Waals surface area contributed by atoms with Crippen molar-refractivity contribution in [2.24, 2.45) is 0 Å². The number of fused-ring (bicyclic) bond motifs is 1. The molecular formula is C18H26N6O. The van der Waals surface area contributed by atoms with Gasteiger partial charge in [0.15, 0.2) is 11.5 Å². The highest BCUT2D eigenvalue weighted by molar-refractivity contribution is 5.74. The number of carbonyl (C=O) groups is 1. The first-order chi connectivity index (χ1) is 12.1. The average molecular weight is 342 g/mol. The van der Waals surface area contributed by atoms with E-state index in [1.165, 1.54) is 18.5 Å². The molecule has 0 bridgehead atoms. The van der Waals surface area contributed by atoms with E-state index >= 15 is 0 Å². The van der Waals surface area contributed by atoms with Gasteiger partial charge in [0, 0.05) is 46.2 Å². The van der Waals surface area contributed by atoms with Crippen molar-refractivity contribution in [3.63, 3.8) is 0 Å². The highest BCUT2D eigenvalue weighted by Crippen LogP contribution is 2.26. The number of aromatic nitrogens is 3. The van der Waals surface area contributed by atoms with Crippen molar-refractivity contribution in [3.8, 4) is 0 Å². The minimum absolute atomic E-state index is 0.0739. The normalized spacial score (nSPS) is 21.1. The van der Waals surface area contributed by atoms with Gasteiger partial charge in [-0.05, 0) is 37.8 Å². The number of piperidine rings is 1. The van der Waals surface area contributed by atoms with E-state index < -0.39 is 0 Å². The summed E-state index contributed by atoms with van der Waals surface area (Å²) >= 11 is 0. The Balaban J connectivity index is 1.55. The van der Waals surface area contributed by atoms with Crippen molar-refractivity contribution in [2.45, 2.75) is 31.6 Å². The lowest BCUT2D eigenvalue weighted by molar-refractivity contribution is 0.153.